The predicted octanol–water partition coefficient (Wildman–Crippen LogP) is 1.45. The van der Waals surface area contributed by atoms with Crippen LogP contribution in [0.1, 0.15) is 16.9 Å². The van der Waals surface area contributed by atoms with Gasteiger partial charge in [-0.1, -0.05) is 12.1 Å². The summed E-state index contributed by atoms with van der Waals surface area (Å²) in [6.45, 7) is 0.393. The minimum absolute atomic E-state index is 0.00497. The molecule has 1 amide bonds. The normalized spacial score (nSPS) is 14.7. The lowest BCUT2D eigenvalue weighted by Gasteiger charge is -2.14. The second-order valence-corrected chi connectivity index (χ2v) is 4.66. The third-order valence-electron chi connectivity index (χ3n) is 3.26. The van der Waals surface area contributed by atoms with E-state index in [-0.39, 0.29) is 11.6 Å². The first kappa shape index (κ1) is 13.3. The van der Waals surface area contributed by atoms with Crippen molar-refractivity contribution in [3.8, 4) is 11.3 Å². The maximum Gasteiger partial charge on any atom is 0.356 e. The SMILES string of the molecule is Cn1nc(C(=O)O)cc1-c1ccc(N2OCCC2=O)cc1. The monoisotopic (exact) mass is 287 g/mol. The highest BCUT2D eigenvalue weighted by molar-refractivity contribution is 5.93. The van der Waals surface area contributed by atoms with E-state index in [0.717, 1.165) is 5.56 Å². The van der Waals surface area contributed by atoms with Gasteiger partial charge in [0.25, 0.3) is 5.91 Å². The van der Waals surface area contributed by atoms with Crippen LogP contribution >= 0.6 is 0 Å². The number of benzene rings is 1. The van der Waals surface area contributed by atoms with Crippen LogP contribution in [0.25, 0.3) is 11.3 Å². The maximum atomic E-state index is 11.6. The minimum Gasteiger partial charge on any atom is -0.476 e. The maximum absolute atomic E-state index is 11.6. The van der Waals surface area contributed by atoms with Crippen LogP contribution in [0.4, 0.5) is 5.69 Å². The fourth-order valence-electron chi connectivity index (χ4n) is 2.23. The van der Waals surface area contributed by atoms with Crippen molar-refractivity contribution in [3.05, 3.63) is 36.0 Å². The predicted molar refractivity (Wildman–Crippen MR) is 73.7 cm³/mol. The Morgan fingerprint density at radius 2 is 2.05 bits per heavy atom. The summed E-state index contributed by atoms with van der Waals surface area (Å²) in [5.74, 6) is -1.14. The molecule has 0 spiro atoms. The number of anilines is 1. The first-order chi connectivity index (χ1) is 10.1. The molecule has 108 valence electrons. The Balaban J connectivity index is 1.90. The molecule has 1 fully saturated rings. The number of aromatic nitrogens is 2. The van der Waals surface area contributed by atoms with E-state index >= 15 is 0 Å². The number of carbonyl (C=O) groups excluding carboxylic acids is 1. The van der Waals surface area contributed by atoms with E-state index in [0.29, 0.717) is 24.4 Å². The smallest absolute Gasteiger partial charge is 0.356 e. The number of aromatic carboxylic acids is 1. The van der Waals surface area contributed by atoms with Crippen molar-refractivity contribution in [2.45, 2.75) is 6.42 Å². The lowest BCUT2D eigenvalue weighted by Crippen LogP contribution is -2.21. The number of hydrogen-bond donors (Lipinski definition) is 1. The fraction of sp³-hybridized carbons (Fsp3) is 0.214. The number of hydroxylamine groups is 1. The van der Waals surface area contributed by atoms with Gasteiger partial charge in [0.15, 0.2) is 5.69 Å². The molecule has 2 heterocycles. The van der Waals surface area contributed by atoms with Gasteiger partial charge in [-0.3, -0.25) is 14.3 Å². The number of amides is 1. The van der Waals surface area contributed by atoms with E-state index in [1.807, 2.05) is 0 Å². The van der Waals surface area contributed by atoms with Crippen molar-refractivity contribution in [1.29, 1.82) is 0 Å². The van der Waals surface area contributed by atoms with Crippen LogP contribution in [-0.4, -0.2) is 33.4 Å². The zero-order valence-electron chi connectivity index (χ0n) is 11.3. The first-order valence-corrected chi connectivity index (χ1v) is 6.40. The topological polar surface area (TPSA) is 84.7 Å². The van der Waals surface area contributed by atoms with E-state index in [4.69, 9.17) is 9.94 Å². The number of hydrogen-bond acceptors (Lipinski definition) is 4. The molecule has 1 N–H and O–H groups in total. The van der Waals surface area contributed by atoms with Crippen molar-refractivity contribution < 1.29 is 19.5 Å². The Morgan fingerprint density at radius 3 is 2.57 bits per heavy atom. The molecule has 0 atom stereocenters. The van der Waals surface area contributed by atoms with Crippen LogP contribution in [0.2, 0.25) is 0 Å². The Hall–Kier alpha value is -2.67. The quantitative estimate of drug-likeness (QED) is 0.923. The number of aryl methyl sites for hydroxylation is 1. The highest BCUT2D eigenvalue weighted by Crippen LogP contribution is 2.25. The molecule has 0 radical (unpaired) electrons. The lowest BCUT2D eigenvalue weighted by atomic mass is 10.1. The highest BCUT2D eigenvalue weighted by Gasteiger charge is 2.23. The molecule has 1 saturated heterocycles. The molecule has 3 rings (SSSR count). The minimum atomic E-state index is -1.07. The standard InChI is InChI=1S/C14H13N3O4/c1-16-12(8-11(15-16)14(19)20)9-2-4-10(5-3-9)17-13(18)6-7-21-17/h2-5,8H,6-7H2,1H3,(H,19,20). The van der Waals surface area contributed by atoms with Crippen LogP contribution in [0.15, 0.2) is 30.3 Å². The van der Waals surface area contributed by atoms with Crippen LogP contribution in [0.5, 0.6) is 0 Å². The molecule has 0 bridgehead atoms. The Labute approximate surface area is 120 Å². The summed E-state index contributed by atoms with van der Waals surface area (Å²) < 4.78 is 1.51. The molecule has 21 heavy (non-hydrogen) atoms. The van der Waals surface area contributed by atoms with Crippen LogP contribution < -0.4 is 5.06 Å². The van der Waals surface area contributed by atoms with E-state index < -0.39 is 5.97 Å². The number of carboxylic acid groups (broad SMARTS) is 1. The number of carbonyl (C=O) groups is 2. The second-order valence-electron chi connectivity index (χ2n) is 4.66. The van der Waals surface area contributed by atoms with Gasteiger partial charge in [0.1, 0.15) is 0 Å². The molecule has 1 aliphatic heterocycles. The Kier molecular flexibility index (Phi) is 3.19. The summed E-state index contributed by atoms with van der Waals surface area (Å²) >= 11 is 0. The molecule has 1 aromatic carbocycles. The number of nitrogens with zero attached hydrogens (tertiary/aromatic N) is 3. The summed E-state index contributed by atoms with van der Waals surface area (Å²) in [5, 5.41) is 14.1. The van der Waals surface area contributed by atoms with Gasteiger partial charge >= 0.3 is 5.97 Å². The van der Waals surface area contributed by atoms with Crippen LogP contribution in [0, 0.1) is 0 Å². The zero-order chi connectivity index (χ0) is 15.0. The fourth-order valence-corrected chi connectivity index (χ4v) is 2.23. The van der Waals surface area contributed by atoms with Gasteiger partial charge in [-0.15, -0.1) is 0 Å². The first-order valence-electron chi connectivity index (χ1n) is 6.40. The third-order valence-corrected chi connectivity index (χ3v) is 3.26. The van der Waals surface area contributed by atoms with E-state index in [9.17, 15) is 9.59 Å². The summed E-state index contributed by atoms with van der Waals surface area (Å²) in [6.07, 6.45) is 0.380. The number of carboxylic acids is 1. The summed E-state index contributed by atoms with van der Waals surface area (Å²) in [7, 11) is 1.68. The van der Waals surface area contributed by atoms with Gasteiger partial charge in [0.2, 0.25) is 0 Å². The van der Waals surface area contributed by atoms with E-state index in [2.05, 4.69) is 5.10 Å². The van der Waals surface area contributed by atoms with Gasteiger partial charge < -0.3 is 5.11 Å². The average Bonchev–Trinajstić information content (AvgIpc) is 3.05. The zero-order valence-corrected chi connectivity index (χ0v) is 11.3. The molecule has 1 aromatic heterocycles. The van der Waals surface area contributed by atoms with Crippen molar-refractivity contribution in [1.82, 2.24) is 9.78 Å². The Morgan fingerprint density at radius 1 is 1.33 bits per heavy atom. The average molecular weight is 287 g/mol. The van der Waals surface area contributed by atoms with Gasteiger partial charge in [0, 0.05) is 7.05 Å². The van der Waals surface area contributed by atoms with Crippen LogP contribution in [-0.2, 0) is 16.7 Å². The summed E-state index contributed by atoms with van der Waals surface area (Å²) in [6, 6.07) is 8.62. The largest absolute Gasteiger partial charge is 0.476 e. The van der Waals surface area contributed by atoms with E-state index in [1.165, 1.54) is 15.8 Å². The summed E-state index contributed by atoms with van der Waals surface area (Å²) in [5.41, 5.74) is 2.15. The van der Waals surface area contributed by atoms with Gasteiger partial charge in [-0.05, 0) is 23.8 Å². The van der Waals surface area contributed by atoms with Gasteiger partial charge in [-0.25, -0.2) is 4.79 Å². The van der Waals surface area contributed by atoms with E-state index in [1.54, 1.807) is 31.3 Å². The summed E-state index contributed by atoms with van der Waals surface area (Å²) in [4.78, 5) is 27.8. The van der Waals surface area contributed by atoms with Gasteiger partial charge in [0.05, 0.1) is 24.4 Å². The number of rotatable bonds is 3. The second kappa shape index (κ2) is 5.02. The van der Waals surface area contributed by atoms with Crippen molar-refractivity contribution in [3.63, 3.8) is 0 Å². The molecule has 0 saturated carbocycles. The van der Waals surface area contributed by atoms with Crippen molar-refractivity contribution in [2.24, 2.45) is 7.05 Å². The third kappa shape index (κ3) is 2.38. The molecule has 0 aliphatic carbocycles. The molecule has 0 unspecified atom stereocenters. The molecule has 7 nitrogen and oxygen atoms in total. The molecule has 1 aliphatic rings. The molecule has 2 aromatic rings. The van der Waals surface area contributed by atoms with Crippen LogP contribution in [0.3, 0.4) is 0 Å². The molecule has 7 heteroatoms. The molecular formula is C14H13N3O4. The molecular weight excluding hydrogens is 274 g/mol. The van der Waals surface area contributed by atoms with Crippen molar-refractivity contribution >= 4 is 17.6 Å². The van der Waals surface area contributed by atoms with Crippen molar-refractivity contribution in [2.75, 3.05) is 11.7 Å². The Bertz CT molecular complexity index is 706. The lowest BCUT2D eigenvalue weighted by molar-refractivity contribution is -0.119. The van der Waals surface area contributed by atoms with Gasteiger partial charge in [-0.2, -0.15) is 10.2 Å². The highest BCUT2D eigenvalue weighted by atomic mass is 16.7.